The Morgan fingerprint density at radius 3 is 2.62 bits per heavy atom. The van der Waals surface area contributed by atoms with Crippen LogP contribution in [0.5, 0.6) is 0 Å². The van der Waals surface area contributed by atoms with Gasteiger partial charge in [-0.15, -0.1) is 0 Å². The molecule has 0 bridgehead atoms. The zero-order valence-corrected chi connectivity index (χ0v) is 22.2. The second kappa shape index (κ2) is 9.12. The highest BCUT2D eigenvalue weighted by Gasteiger charge is 2.32. The fourth-order valence-electron chi connectivity index (χ4n) is 5.16. The van der Waals surface area contributed by atoms with Crippen molar-refractivity contribution in [1.82, 2.24) is 34.7 Å². The highest BCUT2D eigenvalue weighted by Crippen LogP contribution is 2.38. The maximum Gasteiger partial charge on any atom is 0.277 e. The number of amides is 1. The average Bonchev–Trinajstić information content (AvgIpc) is 3.64. The van der Waals surface area contributed by atoms with Gasteiger partial charge in [0.1, 0.15) is 5.69 Å². The van der Waals surface area contributed by atoms with Crippen LogP contribution in [0, 0.1) is 13.8 Å². The molecule has 10 nitrogen and oxygen atoms in total. The Balaban J connectivity index is 1.23. The molecule has 0 aliphatic carbocycles. The fraction of sp³-hybridized carbons (Fsp3) is 0.133. The molecule has 1 aliphatic heterocycles. The van der Waals surface area contributed by atoms with Gasteiger partial charge in [-0.05, 0) is 49.2 Å². The first-order valence-electron chi connectivity index (χ1n) is 12.9. The number of hydrogen-bond acceptors (Lipinski definition) is 7. The quantitative estimate of drug-likeness (QED) is 0.311. The number of benzene rings is 1. The normalized spacial score (nSPS) is 12.8. The van der Waals surface area contributed by atoms with E-state index in [1.54, 1.807) is 34.4 Å². The van der Waals surface area contributed by atoms with E-state index in [0.29, 0.717) is 24.0 Å². The monoisotopic (exact) mass is 527 g/mol. The first-order chi connectivity index (χ1) is 19.5. The Labute approximate surface area is 229 Å². The molecule has 0 saturated carbocycles. The van der Waals surface area contributed by atoms with Crippen molar-refractivity contribution < 1.29 is 4.79 Å². The van der Waals surface area contributed by atoms with E-state index in [2.05, 4.69) is 30.4 Å². The molecule has 5 aromatic heterocycles. The lowest BCUT2D eigenvalue weighted by Gasteiger charge is -2.16. The van der Waals surface area contributed by atoms with Gasteiger partial charge >= 0.3 is 0 Å². The molecule has 1 aromatic carbocycles. The lowest BCUT2D eigenvalue weighted by atomic mass is 10.1. The van der Waals surface area contributed by atoms with Gasteiger partial charge < -0.3 is 15.2 Å². The van der Waals surface area contributed by atoms with E-state index in [1.165, 1.54) is 0 Å². The van der Waals surface area contributed by atoms with E-state index in [-0.39, 0.29) is 5.91 Å². The van der Waals surface area contributed by atoms with Crippen LogP contribution in [0.2, 0.25) is 0 Å². The van der Waals surface area contributed by atoms with E-state index in [1.807, 2.05) is 69.6 Å². The minimum absolute atomic E-state index is 0.115. The Kier molecular flexibility index (Phi) is 5.41. The van der Waals surface area contributed by atoms with Crippen molar-refractivity contribution in [1.29, 1.82) is 0 Å². The van der Waals surface area contributed by atoms with Crippen molar-refractivity contribution in [2.75, 3.05) is 10.2 Å². The molecule has 6 aromatic rings. The number of pyridine rings is 2. The van der Waals surface area contributed by atoms with Gasteiger partial charge in [0.25, 0.3) is 5.91 Å². The first kappa shape index (κ1) is 23.7. The summed E-state index contributed by atoms with van der Waals surface area (Å²) in [7, 11) is 1.89. The molecule has 0 spiro atoms. The molecule has 0 unspecified atom stereocenters. The van der Waals surface area contributed by atoms with E-state index < -0.39 is 0 Å². The van der Waals surface area contributed by atoms with Gasteiger partial charge in [-0.25, -0.2) is 9.97 Å². The van der Waals surface area contributed by atoms with Crippen LogP contribution < -0.4 is 10.2 Å². The number of anilines is 3. The number of fused-ring (bicyclic) bond motifs is 2. The predicted octanol–water partition coefficient (Wildman–Crippen LogP) is 5.34. The van der Waals surface area contributed by atoms with Crippen LogP contribution in [0.1, 0.15) is 27.3 Å². The second-order valence-electron chi connectivity index (χ2n) is 9.91. The Hall–Kier alpha value is -5.38. The van der Waals surface area contributed by atoms with Gasteiger partial charge in [-0.1, -0.05) is 12.1 Å². The van der Waals surface area contributed by atoms with Crippen molar-refractivity contribution in [3.63, 3.8) is 0 Å². The number of hydrogen-bond donors (Lipinski definition) is 2. The number of para-hydroxylation sites is 1. The fourth-order valence-corrected chi connectivity index (χ4v) is 5.16. The second-order valence-corrected chi connectivity index (χ2v) is 9.91. The number of aryl methyl sites for hydroxylation is 3. The van der Waals surface area contributed by atoms with Gasteiger partial charge in [0.2, 0.25) is 5.95 Å². The van der Waals surface area contributed by atoms with Crippen molar-refractivity contribution in [2.45, 2.75) is 20.4 Å². The van der Waals surface area contributed by atoms with E-state index in [4.69, 9.17) is 4.98 Å². The summed E-state index contributed by atoms with van der Waals surface area (Å²) in [6.07, 6.45) is 8.99. The average molecular weight is 528 g/mol. The van der Waals surface area contributed by atoms with E-state index in [9.17, 15) is 4.79 Å². The number of H-pyrrole nitrogens is 1. The maximum atomic E-state index is 13.5. The minimum Gasteiger partial charge on any atom is -0.359 e. The van der Waals surface area contributed by atoms with Gasteiger partial charge in [-0.3, -0.25) is 19.4 Å². The number of nitrogens with zero attached hydrogens (tertiary/aromatic N) is 7. The third kappa shape index (κ3) is 3.89. The molecule has 40 heavy (non-hydrogen) atoms. The summed E-state index contributed by atoms with van der Waals surface area (Å²) >= 11 is 0. The summed E-state index contributed by atoms with van der Waals surface area (Å²) in [5, 5.41) is 8.62. The molecule has 2 N–H and O–H groups in total. The Morgan fingerprint density at radius 2 is 1.82 bits per heavy atom. The predicted molar refractivity (Wildman–Crippen MR) is 153 cm³/mol. The van der Waals surface area contributed by atoms with Gasteiger partial charge in [-0.2, -0.15) is 5.10 Å². The SMILES string of the molecule is Cc1cnc(Nc2cc(C)n(C)n2)nc1-c1c[nH]c2c(N3Cc4cc(-c5ccncc5)cnc4C3=O)cccc12. The van der Waals surface area contributed by atoms with Gasteiger partial charge in [0.05, 0.1) is 23.4 Å². The van der Waals surface area contributed by atoms with E-state index >= 15 is 0 Å². The molecular formula is C30H25N9O. The number of rotatable bonds is 5. The third-order valence-corrected chi connectivity index (χ3v) is 7.32. The zero-order chi connectivity index (χ0) is 27.4. The van der Waals surface area contributed by atoms with Crippen molar-refractivity contribution in [3.8, 4) is 22.4 Å². The molecule has 196 valence electrons. The molecule has 0 saturated heterocycles. The van der Waals surface area contributed by atoms with Crippen LogP contribution in [-0.4, -0.2) is 40.6 Å². The highest BCUT2D eigenvalue weighted by atomic mass is 16.2. The standard InChI is InChI=1S/C30H25N9O/c1-17-13-34-30(35-25-11-18(2)38(3)37-25)36-26(17)23-15-33-28-22(23)5-4-6-24(28)39-16-21-12-20(14-32-27(21)29(39)40)19-7-9-31-10-8-19/h4-15,33H,16H2,1-3H3,(H,34,35,36,37). The molecule has 7 rings (SSSR count). The molecular weight excluding hydrogens is 502 g/mol. The molecule has 6 heterocycles. The minimum atomic E-state index is -0.115. The number of carbonyl (C=O) groups is 1. The van der Waals surface area contributed by atoms with Crippen molar-refractivity contribution >= 4 is 34.3 Å². The number of nitrogens with one attached hydrogen (secondary N) is 2. The Bertz CT molecular complexity index is 1900. The third-order valence-electron chi connectivity index (χ3n) is 7.32. The topological polar surface area (TPSA) is 118 Å². The molecule has 0 fully saturated rings. The van der Waals surface area contributed by atoms with Crippen LogP contribution in [0.15, 0.2) is 73.4 Å². The number of carbonyl (C=O) groups excluding carboxylic acids is 1. The van der Waals surface area contributed by atoms with E-state index in [0.717, 1.165) is 55.8 Å². The lowest BCUT2D eigenvalue weighted by molar-refractivity contribution is 0.0992. The molecule has 1 amide bonds. The van der Waals surface area contributed by atoms with Crippen LogP contribution in [0.3, 0.4) is 0 Å². The van der Waals surface area contributed by atoms with Crippen LogP contribution in [0.4, 0.5) is 17.5 Å². The molecule has 1 aliphatic rings. The summed E-state index contributed by atoms with van der Waals surface area (Å²) in [6, 6.07) is 13.8. The molecule has 0 radical (unpaired) electrons. The largest absolute Gasteiger partial charge is 0.359 e. The summed E-state index contributed by atoms with van der Waals surface area (Å²) in [4.78, 5) is 36.6. The van der Waals surface area contributed by atoms with Crippen LogP contribution in [0.25, 0.3) is 33.3 Å². The molecule has 10 heteroatoms. The van der Waals surface area contributed by atoms with Crippen LogP contribution in [-0.2, 0) is 13.6 Å². The number of aromatic nitrogens is 7. The lowest BCUT2D eigenvalue weighted by Crippen LogP contribution is -2.23. The first-order valence-corrected chi connectivity index (χ1v) is 12.9. The van der Waals surface area contributed by atoms with Gasteiger partial charge in [0, 0.05) is 71.9 Å². The summed E-state index contributed by atoms with van der Waals surface area (Å²) in [6.45, 7) is 4.42. The summed E-state index contributed by atoms with van der Waals surface area (Å²) < 4.78 is 1.80. The number of aromatic amines is 1. The molecule has 0 atom stereocenters. The summed E-state index contributed by atoms with van der Waals surface area (Å²) in [5.41, 5.74) is 8.71. The highest BCUT2D eigenvalue weighted by molar-refractivity contribution is 6.13. The zero-order valence-electron chi connectivity index (χ0n) is 22.2. The van der Waals surface area contributed by atoms with Crippen LogP contribution >= 0.6 is 0 Å². The Morgan fingerprint density at radius 1 is 0.975 bits per heavy atom. The van der Waals surface area contributed by atoms with Crippen molar-refractivity contribution in [2.24, 2.45) is 7.05 Å². The maximum absolute atomic E-state index is 13.5. The van der Waals surface area contributed by atoms with Crippen molar-refractivity contribution in [3.05, 3.63) is 96.0 Å². The van der Waals surface area contributed by atoms with Gasteiger partial charge in [0.15, 0.2) is 5.82 Å². The summed E-state index contributed by atoms with van der Waals surface area (Å²) in [5.74, 6) is 1.03. The smallest absolute Gasteiger partial charge is 0.277 e.